The van der Waals surface area contributed by atoms with Gasteiger partial charge in [-0.1, -0.05) is 78.9 Å². The number of fused-ring (bicyclic) bond motifs is 1. The van der Waals surface area contributed by atoms with Crippen LogP contribution < -0.4 is 9.80 Å². The molecule has 246 valence electrons. The fourth-order valence-electron chi connectivity index (χ4n) is 7.42. The molecule has 5 aromatic carbocycles. The second-order valence-electron chi connectivity index (χ2n) is 13.0. The van der Waals surface area contributed by atoms with Crippen LogP contribution in [0.2, 0.25) is 0 Å². The Morgan fingerprint density at radius 1 is 0.725 bits per heavy atom. The van der Waals surface area contributed by atoms with Crippen LogP contribution >= 0.6 is 0 Å². The molecule has 5 nitrogen and oxygen atoms in total. The molecule has 3 aliphatic heterocycles. The van der Waals surface area contributed by atoms with Gasteiger partial charge in [-0.05, 0) is 126 Å². The highest BCUT2D eigenvalue weighted by molar-refractivity contribution is 5.98. The second-order valence-corrected chi connectivity index (χ2v) is 13.0. The molecule has 0 atom stereocenters. The van der Waals surface area contributed by atoms with Crippen molar-refractivity contribution >= 4 is 45.7 Å². The van der Waals surface area contributed by atoms with Gasteiger partial charge < -0.3 is 14.5 Å². The van der Waals surface area contributed by atoms with Crippen LogP contribution in [0.15, 0.2) is 156 Å². The standard InChI is InChI=1S/C46H36N4O/c1-48-44(32-47)38-30-41(51-42(31-38)25-21-34-28-36-12-8-26-49-27-9-13-37(29-34)46(36)49)24-20-33-18-22-40(23-19-33)50(39-14-3-2-4-15-39)45-17-7-11-35-10-5-6-16-43(35)45/h2-7,10-11,14-25,28-31H,8-9,12-13,26-27H2. The van der Waals surface area contributed by atoms with E-state index in [1.165, 1.54) is 40.4 Å². The summed E-state index contributed by atoms with van der Waals surface area (Å²) < 4.78 is 6.30. The first-order chi connectivity index (χ1) is 25.2. The zero-order valence-corrected chi connectivity index (χ0v) is 28.3. The van der Waals surface area contributed by atoms with Crippen molar-refractivity contribution in [3.63, 3.8) is 0 Å². The third-order valence-electron chi connectivity index (χ3n) is 9.73. The summed E-state index contributed by atoms with van der Waals surface area (Å²) >= 11 is 0. The Morgan fingerprint density at radius 2 is 1.35 bits per heavy atom. The summed E-state index contributed by atoms with van der Waals surface area (Å²) in [6.45, 7) is 9.88. The lowest BCUT2D eigenvalue weighted by molar-refractivity contribution is 0.332. The zero-order valence-electron chi connectivity index (χ0n) is 28.3. The summed E-state index contributed by atoms with van der Waals surface area (Å²) in [7, 11) is 0. The molecular weight excluding hydrogens is 625 g/mol. The first kappa shape index (κ1) is 31.7. The van der Waals surface area contributed by atoms with Crippen molar-refractivity contribution in [2.24, 2.45) is 0 Å². The van der Waals surface area contributed by atoms with E-state index in [2.05, 4.69) is 124 Å². The van der Waals surface area contributed by atoms with Crippen LogP contribution in [-0.2, 0) is 17.6 Å². The van der Waals surface area contributed by atoms with Crippen molar-refractivity contribution in [2.75, 3.05) is 22.9 Å². The number of hydrogen-bond acceptors (Lipinski definition) is 4. The number of anilines is 4. The van der Waals surface area contributed by atoms with E-state index in [1.807, 2.05) is 30.4 Å². The van der Waals surface area contributed by atoms with Gasteiger partial charge in [0.2, 0.25) is 0 Å². The summed E-state index contributed by atoms with van der Waals surface area (Å²) in [5.74, 6) is 1.14. The highest BCUT2D eigenvalue weighted by atomic mass is 16.5. The predicted octanol–water partition coefficient (Wildman–Crippen LogP) is 11.2. The third-order valence-corrected chi connectivity index (χ3v) is 9.73. The number of ether oxygens (including phenoxy) is 1. The van der Waals surface area contributed by atoms with Crippen LogP contribution in [0.1, 0.15) is 35.1 Å². The van der Waals surface area contributed by atoms with Crippen molar-refractivity contribution < 1.29 is 4.74 Å². The first-order valence-electron chi connectivity index (χ1n) is 17.5. The molecule has 0 N–H and O–H groups in total. The molecular formula is C46H36N4O. The molecule has 0 aromatic heterocycles. The maximum absolute atomic E-state index is 9.69. The van der Waals surface area contributed by atoms with Gasteiger partial charge in [0, 0.05) is 35.5 Å². The van der Waals surface area contributed by atoms with Gasteiger partial charge in [-0.3, -0.25) is 0 Å². The minimum absolute atomic E-state index is 0.0344. The molecule has 0 spiro atoms. The Morgan fingerprint density at radius 3 is 2.04 bits per heavy atom. The molecule has 0 aliphatic carbocycles. The molecule has 5 aromatic rings. The zero-order chi connectivity index (χ0) is 34.6. The van der Waals surface area contributed by atoms with E-state index in [0.29, 0.717) is 17.1 Å². The molecule has 8 rings (SSSR count). The summed E-state index contributed by atoms with van der Waals surface area (Å²) in [4.78, 5) is 8.31. The lowest BCUT2D eigenvalue weighted by Gasteiger charge is -2.37. The van der Waals surface area contributed by atoms with Gasteiger partial charge in [0.05, 0.1) is 18.3 Å². The minimum Gasteiger partial charge on any atom is -0.457 e. The van der Waals surface area contributed by atoms with E-state index in [0.717, 1.165) is 54.1 Å². The molecule has 0 saturated carbocycles. The number of para-hydroxylation sites is 1. The molecule has 51 heavy (non-hydrogen) atoms. The number of rotatable bonds is 7. The number of benzene rings is 5. The average molecular weight is 661 g/mol. The van der Waals surface area contributed by atoms with Gasteiger partial charge in [0.25, 0.3) is 5.70 Å². The topological polar surface area (TPSA) is 43.9 Å². The quantitative estimate of drug-likeness (QED) is 0.129. The first-order valence-corrected chi connectivity index (χ1v) is 17.5. The van der Waals surface area contributed by atoms with Crippen LogP contribution in [0, 0.1) is 17.9 Å². The maximum atomic E-state index is 9.69. The van der Waals surface area contributed by atoms with Crippen molar-refractivity contribution in [1.29, 1.82) is 5.26 Å². The van der Waals surface area contributed by atoms with E-state index >= 15 is 0 Å². The number of nitrogens with zero attached hydrogens (tertiary/aromatic N) is 4. The molecule has 0 amide bonds. The average Bonchev–Trinajstić information content (AvgIpc) is 3.18. The van der Waals surface area contributed by atoms with Crippen LogP contribution in [0.4, 0.5) is 22.7 Å². The van der Waals surface area contributed by atoms with E-state index in [9.17, 15) is 5.26 Å². The Hall–Kier alpha value is -6.56. The van der Waals surface area contributed by atoms with Crippen LogP contribution in [0.25, 0.3) is 27.8 Å². The van der Waals surface area contributed by atoms with Crippen LogP contribution in [0.3, 0.4) is 0 Å². The molecule has 3 aliphatic rings. The smallest absolute Gasteiger partial charge is 0.269 e. The fourth-order valence-corrected chi connectivity index (χ4v) is 7.42. The normalized spacial score (nSPS) is 16.2. The summed E-state index contributed by atoms with van der Waals surface area (Å²) in [6, 6.07) is 40.4. The molecule has 0 bridgehead atoms. The minimum atomic E-state index is 0.0344. The number of allylic oxidation sites excluding steroid dienone is 6. The van der Waals surface area contributed by atoms with Gasteiger partial charge in [-0.25, -0.2) is 10.1 Å². The fraction of sp³-hybridized carbons (Fsp3) is 0.130. The van der Waals surface area contributed by atoms with Crippen molar-refractivity contribution in [3.8, 4) is 6.07 Å². The highest BCUT2D eigenvalue weighted by Gasteiger charge is 2.24. The lowest BCUT2D eigenvalue weighted by atomic mass is 9.90. The Balaban J connectivity index is 1.06. The van der Waals surface area contributed by atoms with Crippen LogP contribution in [-0.4, -0.2) is 13.1 Å². The van der Waals surface area contributed by atoms with E-state index in [-0.39, 0.29) is 5.70 Å². The van der Waals surface area contributed by atoms with Crippen molar-refractivity contribution in [2.45, 2.75) is 25.7 Å². The molecule has 5 heteroatoms. The van der Waals surface area contributed by atoms with Crippen LogP contribution in [0.5, 0.6) is 0 Å². The summed E-state index contributed by atoms with van der Waals surface area (Å²) in [5.41, 5.74) is 10.2. The van der Waals surface area contributed by atoms with E-state index in [4.69, 9.17) is 11.3 Å². The van der Waals surface area contributed by atoms with E-state index < -0.39 is 0 Å². The Bertz CT molecular complexity index is 2310. The lowest BCUT2D eigenvalue weighted by Crippen LogP contribution is -2.34. The van der Waals surface area contributed by atoms with Gasteiger partial charge in [-0.15, -0.1) is 0 Å². The summed E-state index contributed by atoms with van der Waals surface area (Å²) in [6.07, 6.45) is 16.0. The monoisotopic (exact) mass is 660 g/mol. The van der Waals surface area contributed by atoms with Gasteiger partial charge in [-0.2, -0.15) is 0 Å². The number of nitriles is 1. The van der Waals surface area contributed by atoms with Crippen molar-refractivity contribution in [1.82, 2.24) is 0 Å². The largest absolute Gasteiger partial charge is 0.457 e. The van der Waals surface area contributed by atoms with Gasteiger partial charge in [0.15, 0.2) is 0 Å². The third kappa shape index (κ3) is 6.58. The predicted molar refractivity (Wildman–Crippen MR) is 208 cm³/mol. The Kier molecular flexibility index (Phi) is 8.77. The van der Waals surface area contributed by atoms with Gasteiger partial charge in [0.1, 0.15) is 11.5 Å². The SMILES string of the molecule is [C-]#[N+]C(C#N)=C1C=C(C=Cc2ccc(N(c3ccccc3)c3cccc4ccccc34)cc2)OC(C=Cc2cc3c4c(c2)CCCN4CCC3)=C1. The molecule has 3 heterocycles. The highest BCUT2D eigenvalue weighted by Crippen LogP contribution is 2.39. The van der Waals surface area contributed by atoms with Crippen molar-refractivity contribution in [3.05, 3.63) is 190 Å². The molecule has 0 saturated heterocycles. The van der Waals surface area contributed by atoms with Gasteiger partial charge >= 0.3 is 0 Å². The molecule has 0 fully saturated rings. The molecule has 0 radical (unpaired) electrons. The number of hydrogen-bond donors (Lipinski definition) is 0. The molecule has 0 unspecified atom stereocenters. The summed E-state index contributed by atoms with van der Waals surface area (Å²) in [5, 5.41) is 12.1. The second kappa shape index (κ2) is 14.1. The Labute approximate surface area is 299 Å². The maximum Gasteiger partial charge on any atom is 0.269 e. The van der Waals surface area contributed by atoms with E-state index in [1.54, 1.807) is 12.2 Å². The number of aryl methyl sites for hydroxylation is 2.